The third-order valence-corrected chi connectivity index (χ3v) is 4.05. The van der Waals surface area contributed by atoms with Crippen molar-refractivity contribution in [3.63, 3.8) is 0 Å². The number of carbonyl (C=O) groups excluding carboxylic acids is 2. The Labute approximate surface area is 145 Å². The summed E-state index contributed by atoms with van der Waals surface area (Å²) in [6, 6.07) is 14.6. The zero-order chi connectivity index (χ0) is 17.4. The van der Waals surface area contributed by atoms with Gasteiger partial charge in [0, 0.05) is 4.90 Å². The third-order valence-electron chi connectivity index (χ3n) is 3.25. The van der Waals surface area contributed by atoms with Gasteiger partial charge in [-0.15, -0.1) is 11.8 Å². The first-order valence-corrected chi connectivity index (χ1v) is 8.56. The van der Waals surface area contributed by atoms with Gasteiger partial charge in [0.15, 0.2) is 6.61 Å². The second kappa shape index (κ2) is 8.98. The number of ether oxygens (including phenoxy) is 2. The molecular weight excluding hydrogens is 326 g/mol. The molecule has 0 aliphatic rings. The molecule has 0 bridgehead atoms. The average molecular weight is 345 g/mol. The van der Waals surface area contributed by atoms with Gasteiger partial charge in [-0.25, -0.2) is 0 Å². The zero-order valence-electron chi connectivity index (χ0n) is 13.6. The fourth-order valence-corrected chi connectivity index (χ4v) is 2.59. The van der Waals surface area contributed by atoms with E-state index in [2.05, 4.69) is 5.32 Å². The number of para-hydroxylation sites is 1. The smallest absolute Gasteiger partial charge is 0.310 e. The summed E-state index contributed by atoms with van der Waals surface area (Å²) in [5, 5.41) is 2.74. The summed E-state index contributed by atoms with van der Waals surface area (Å²) in [7, 11) is 1.58. The molecule has 0 saturated carbocycles. The number of esters is 1. The van der Waals surface area contributed by atoms with Gasteiger partial charge in [-0.2, -0.15) is 0 Å². The van der Waals surface area contributed by atoms with E-state index >= 15 is 0 Å². The van der Waals surface area contributed by atoms with Crippen LogP contribution in [0.4, 0.5) is 5.69 Å². The molecule has 0 atom stereocenters. The molecule has 0 aliphatic carbocycles. The first-order chi connectivity index (χ1) is 11.6. The Balaban J connectivity index is 1.81. The molecule has 6 heteroatoms. The molecule has 126 valence electrons. The number of benzene rings is 2. The van der Waals surface area contributed by atoms with Gasteiger partial charge in [0.1, 0.15) is 5.75 Å². The minimum absolute atomic E-state index is 0.110. The van der Waals surface area contributed by atoms with Crippen LogP contribution in [0.5, 0.6) is 5.75 Å². The van der Waals surface area contributed by atoms with E-state index in [0.717, 1.165) is 16.2 Å². The third kappa shape index (κ3) is 5.31. The van der Waals surface area contributed by atoms with Crippen molar-refractivity contribution in [2.75, 3.05) is 25.3 Å². The summed E-state index contributed by atoms with van der Waals surface area (Å²) >= 11 is 1.53. The highest BCUT2D eigenvalue weighted by molar-refractivity contribution is 7.98. The van der Waals surface area contributed by atoms with Crippen LogP contribution in [0.3, 0.4) is 0 Å². The van der Waals surface area contributed by atoms with Crippen LogP contribution in [0.25, 0.3) is 0 Å². The molecule has 2 rings (SSSR count). The number of carbonyl (C=O) groups is 2. The molecule has 0 saturated heterocycles. The molecular formula is C18H19NO4S. The van der Waals surface area contributed by atoms with Crippen LogP contribution < -0.4 is 10.1 Å². The number of amides is 1. The van der Waals surface area contributed by atoms with E-state index in [1.807, 2.05) is 30.5 Å². The van der Waals surface area contributed by atoms with Crippen LogP contribution in [0.1, 0.15) is 5.56 Å². The van der Waals surface area contributed by atoms with E-state index in [9.17, 15) is 9.59 Å². The van der Waals surface area contributed by atoms with Crippen molar-refractivity contribution < 1.29 is 19.1 Å². The Morgan fingerprint density at radius 1 is 1.08 bits per heavy atom. The lowest BCUT2D eigenvalue weighted by Gasteiger charge is -2.09. The molecule has 0 spiro atoms. The Morgan fingerprint density at radius 3 is 2.46 bits per heavy atom. The summed E-state index contributed by atoms with van der Waals surface area (Å²) in [4.78, 5) is 24.7. The van der Waals surface area contributed by atoms with Crippen molar-refractivity contribution in [2.24, 2.45) is 0 Å². The standard InChI is InChI=1S/C18H19NO4S/c1-22-14-9-7-13(8-10-14)11-18(21)23-12-17(20)19-15-5-3-4-6-16(15)24-2/h3-10H,11-12H2,1-2H3,(H,19,20). The maximum Gasteiger partial charge on any atom is 0.310 e. The molecule has 2 aromatic rings. The lowest BCUT2D eigenvalue weighted by atomic mass is 10.1. The van der Waals surface area contributed by atoms with Crippen LogP contribution in [-0.2, 0) is 20.7 Å². The van der Waals surface area contributed by atoms with Gasteiger partial charge in [0.25, 0.3) is 5.91 Å². The Bertz CT molecular complexity index is 700. The minimum atomic E-state index is -0.450. The number of methoxy groups -OCH3 is 1. The van der Waals surface area contributed by atoms with Crippen molar-refractivity contribution >= 4 is 29.3 Å². The monoisotopic (exact) mass is 345 g/mol. The second-order valence-electron chi connectivity index (χ2n) is 4.93. The van der Waals surface area contributed by atoms with E-state index < -0.39 is 5.97 Å². The molecule has 0 fully saturated rings. The lowest BCUT2D eigenvalue weighted by Crippen LogP contribution is -2.21. The van der Waals surface area contributed by atoms with Gasteiger partial charge < -0.3 is 14.8 Å². The molecule has 0 radical (unpaired) electrons. The van der Waals surface area contributed by atoms with Crippen LogP contribution in [0, 0.1) is 0 Å². The molecule has 0 aliphatic heterocycles. The van der Waals surface area contributed by atoms with Gasteiger partial charge in [-0.05, 0) is 36.1 Å². The molecule has 0 aromatic heterocycles. The average Bonchev–Trinajstić information content (AvgIpc) is 2.61. The molecule has 24 heavy (non-hydrogen) atoms. The second-order valence-corrected chi connectivity index (χ2v) is 5.78. The van der Waals surface area contributed by atoms with Crippen molar-refractivity contribution in [3.05, 3.63) is 54.1 Å². The van der Waals surface area contributed by atoms with Crippen molar-refractivity contribution in [2.45, 2.75) is 11.3 Å². The van der Waals surface area contributed by atoms with Crippen LogP contribution in [0.15, 0.2) is 53.4 Å². The molecule has 5 nitrogen and oxygen atoms in total. The zero-order valence-corrected chi connectivity index (χ0v) is 14.4. The summed E-state index contributed by atoms with van der Waals surface area (Å²) in [6.45, 7) is -0.308. The number of hydrogen-bond donors (Lipinski definition) is 1. The maximum absolute atomic E-state index is 11.9. The van der Waals surface area contributed by atoms with E-state index in [4.69, 9.17) is 9.47 Å². The number of anilines is 1. The van der Waals surface area contributed by atoms with Gasteiger partial charge in [0.05, 0.1) is 19.2 Å². The van der Waals surface area contributed by atoms with Crippen molar-refractivity contribution in [3.8, 4) is 5.75 Å². The van der Waals surface area contributed by atoms with Gasteiger partial charge in [-0.3, -0.25) is 9.59 Å². The first kappa shape index (κ1) is 17.9. The highest BCUT2D eigenvalue weighted by atomic mass is 32.2. The topological polar surface area (TPSA) is 64.6 Å². The SMILES string of the molecule is COc1ccc(CC(=O)OCC(=O)Nc2ccccc2SC)cc1. The number of rotatable bonds is 7. The summed E-state index contributed by atoms with van der Waals surface area (Å²) in [5.74, 6) is -0.0907. The summed E-state index contributed by atoms with van der Waals surface area (Å²) in [5.41, 5.74) is 1.51. The first-order valence-electron chi connectivity index (χ1n) is 7.34. The Hall–Kier alpha value is -2.47. The van der Waals surface area contributed by atoms with Gasteiger partial charge in [-0.1, -0.05) is 24.3 Å². The molecule has 0 heterocycles. The number of nitrogens with one attached hydrogen (secondary N) is 1. The minimum Gasteiger partial charge on any atom is -0.497 e. The molecule has 2 aromatic carbocycles. The fourth-order valence-electron chi connectivity index (χ4n) is 2.04. The van der Waals surface area contributed by atoms with E-state index in [1.165, 1.54) is 11.8 Å². The molecule has 0 unspecified atom stereocenters. The molecule has 1 amide bonds. The largest absolute Gasteiger partial charge is 0.497 e. The van der Waals surface area contributed by atoms with Crippen molar-refractivity contribution in [1.82, 2.24) is 0 Å². The van der Waals surface area contributed by atoms with Gasteiger partial charge >= 0.3 is 5.97 Å². The Kier molecular flexibility index (Phi) is 6.69. The van der Waals surface area contributed by atoms with Gasteiger partial charge in [0.2, 0.25) is 0 Å². The fraction of sp³-hybridized carbons (Fsp3) is 0.222. The van der Waals surface area contributed by atoms with Crippen molar-refractivity contribution in [1.29, 1.82) is 0 Å². The van der Waals surface area contributed by atoms with E-state index in [-0.39, 0.29) is 18.9 Å². The van der Waals surface area contributed by atoms with E-state index in [1.54, 1.807) is 31.4 Å². The maximum atomic E-state index is 11.9. The number of thioether (sulfide) groups is 1. The lowest BCUT2D eigenvalue weighted by molar-refractivity contribution is -0.146. The molecule has 1 N–H and O–H groups in total. The summed E-state index contributed by atoms with van der Waals surface area (Å²) < 4.78 is 10.1. The predicted molar refractivity (Wildman–Crippen MR) is 94.5 cm³/mol. The predicted octanol–water partition coefficient (Wildman–Crippen LogP) is 3.14. The van der Waals surface area contributed by atoms with Crippen LogP contribution >= 0.6 is 11.8 Å². The van der Waals surface area contributed by atoms with Crippen LogP contribution in [0.2, 0.25) is 0 Å². The summed E-state index contributed by atoms with van der Waals surface area (Å²) in [6.07, 6.45) is 2.04. The highest BCUT2D eigenvalue weighted by Crippen LogP contribution is 2.24. The van der Waals surface area contributed by atoms with Crippen LogP contribution in [-0.4, -0.2) is 31.8 Å². The number of hydrogen-bond acceptors (Lipinski definition) is 5. The normalized spacial score (nSPS) is 10.1. The Morgan fingerprint density at radius 2 is 1.79 bits per heavy atom. The quantitative estimate of drug-likeness (QED) is 0.617. The highest BCUT2D eigenvalue weighted by Gasteiger charge is 2.10. The van der Waals surface area contributed by atoms with E-state index in [0.29, 0.717) is 5.69 Å².